The summed E-state index contributed by atoms with van der Waals surface area (Å²) in [5.74, 6) is -1.23. The molecule has 0 bridgehead atoms. The number of hydrogen-bond acceptors (Lipinski definition) is 4. The number of benzene rings is 2. The smallest absolute Gasteiger partial charge is 0.341 e. The first kappa shape index (κ1) is 15.1. The lowest BCUT2D eigenvalue weighted by atomic mass is 10.1. The number of pyridine rings is 1. The molecule has 124 valence electrons. The second kappa shape index (κ2) is 5.55. The molecule has 0 spiro atoms. The molecule has 25 heavy (non-hydrogen) atoms. The topological polar surface area (TPSA) is 90.0 Å². The zero-order chi connectivity index (χ0) is 17.6. The predicted molar refractivity (Wildman–Crippen MR) is 93.3 cm³/mol. The fourth-order valence-electron chi connectivity index (χ4n) is 2.98. The standard InChI is InChI=1S/C18H14N4O3/c1-2-21-10-13(18(24)25)17(23)12-8-14-16(9-15(12)21)22(20-19-14)11-6-4-3-5-7-11/h3-10H,2H2,1H3,(H,24,25). The Morgan fingerprint density at radius 3 is 2.60 bits per heavy atom. The summed E-state index contributed by atoms with van der Waals surface area (Å²) in [6, 6.07) is 13.0. The van der Waals surface area contributed by atoms with Gasteiger partial charge in [0.2, 0.25) is 5.43 Å². The van der Waals surface area contributed by atoms with E-state index in [0.717, 1.165) is 11.2 Å². The summed E-state index contributed by atoms with van der Waals surface area (Å²) in [7, 11) is 0. The van der Waals surface area contributed by atoms with E-state index in [0.29, 0.717) is 23.0 Å². The summed E-state index contributed by atoms with van der Waals surface area (Å²) >= 11 is 0. The van der Waals surface area contributed by atoms with Gasteiger partial charge in [-0.3, -0.25) is 4.79 Å². The molecule has 2 heterocycles. The van der Waals surface area contributed by atoms with Crippen LogP contribution in [0.2, 0.25) is 0 Å². The molecule has 7 heteroatoms. The molecule has 4 rings (SSSR count). The number of hydrogen-bond donors (Lipinski definition) is 1. The first-order valence-electron chi connectivity index (χ1n) is 7.81. The lowest BCUT2D eigenvalue weighted by Crippen LogP contribution is -2.18. The summed E-state index contributed by atoms with van der Waals surface area (Å²) in [5.41, 5.74) is 2.05. The van der Waals surface area contributed by atoms with Crippen molar-refractivity contribution >= 4 is 27.9 Å². The van der Waals surface area contributed by atoms with Crippen LogP contribution < -0.4 is 5.43 Å². The number of carboxylic acid groups (broad SMARTS) is 1. The van der Waals surface area contributed by atoms with Crippen molar-refractivity contribution in [3.05, 3.63) is 64.4 Å². The van der Waals surface area contributed by atoms with Crippen LogP contribution in [0.25, 0.3) is 27.6 Å². The zero-order valence-corrected chi connectivity index (χ0v) is 13.4. The van der Waals surface area contributed by atoms with Crippen molar-refractivity contribution in [3.8, 4) is 5.69 Å². The van der Waals surface area contributed by atoms with Gasteiger partial charge in [-0.2, -0.15) is 0 Å². The summed E-state index contributed by atoms with van der Waals surface area (Å²) in [5, 5.41) is 17.9. The largest absolute Gasteiger partial charge is 0.477 e. The van der Waals surface area contributed by atoms with Crippen LogP contribution in [0, 0.1) is 0 Å². The van der Waals surface area contributed by atoms with E-state index in [4.69, 9.17) is 0 Å². The highest BCUT2D eigenvalue weighted by atomic mass is 16.4. The second-order valence-corrected chi connectivity index (χ2v) is 5.66. The molecule has 0 aliphatic heterocycles. The molecule has 0 saturated heterocycles. The van der Waals surface area contributed by atoms with Crippen molar-refractivity contribution in [2.45, 2.75) is 13.5 Å². The number of aromatic carboxylic acids is 1. The molecule has 0 aliphatic rings. The minimum absolute atomic E-state index is 0.246. The molecule has 0 saturated carbocycles. The predicted octanol–water partition coefficient (Wildman–Crippen LogP) is 2.45. The van der Waals surface area contributed by atoms with E-state index in [1.54, 1.807) is 15.3 Å². The first-order valence-corrected chi connectivity index (χ1v) is 7.81. The molecule has 7 nitrogen and oxygen atoms in total. The number of para-hydroxylation sites is 1. The Kier molecular flexibility index (Phi) is 3.35. The number of carboxylic acids is 1. The average Bonchev–Trinajstić information content (AvgIpc) is 3.04. The zero-order valence-electron chi connectivity index (χ0n) is 13.4. The highest BCUT2D eigenvalue weighted by Crippen LogP contribution is 2.22. The average molecular weight is 334 g/mol. The van der Waals surface area contributed by atoms with Crippen LogP contribution in [0.5, 0.6) is 0 Å². The third-order valence-electron chi connectivity index (χ3n) is 4.22. The van der Waals surface area contributed by atoms with Gasteiger partial charge >= 0.3 is 5.97 Å². The Morgan fingerprint density at radius 2 is 1.92 bits per heavy atom. The lowest BCUT2D eigenvalue weighted by molar-refractivity contribution is 0.0695. The lowest BCUT2D eigenvalue weighted by Gasteiger charge is -2.10. The fraction of sp³-hybridized carbons (Fsp3) is 0.111. The molecule has 2 aromatic heterocycles. The maximum Gasteiger partial charge on any atom is 0.341 e. The van der Waals surface area contributed by atoms with Gasteiger partial charge in [0.25, 0.3) is 0 Å². The Balaban J connectivity index is 2.09. The molecule has 0 aliphatic carbocycles. The third-order valence-corrected chi connectivity index (χ3v) is 4.22. The quantitative estimate of drug-likeness (QED) is 0.621. The third kappa shape index (κ3) is 2.28. The molecule has 0 radical (unpaired) electrons. The van der Waals surface area contributed by atoms with Gasteiger partial charge in [0.1, 0.15) is 11.1 Å². The molecule has 1 N–H and O–H groups in total. The van der Waals surface area contributed by atoms with E-state index in [2.05, 4.69) is 10.3 Å². The Morgan fingerprint density at radius 1 is 1.16 bits per heavy atom. The minimum Gasteiger partial charge on any atom is -0.477 e. The number of nitrogens with zero attached hydrogens (tertiary/aromatic N) is 4. The number of carbonyl (C=O) groups is 1. The summed E-state index contributed by atoms with van der Waals surface area (Å²) in [6.45, 7) is 2.43. The van der Waals surface area contributed by atoms with E-state index in [9.17, 15) is 14.7 Å². The maximum absolute atomic E-state index is 12.5. The van der Waals surface area contributed by atoms with E-state index >= 15 is 0 Å². The molecule has 2 aromatic carbocycles. The normalized spacial score (nSPS) is 11.2. The monoisotopic (exact) mass is 334 g/mol. The fourth-order valence-corrected chi connectivity index (χ4v) is 2.98. The van der Waals surface area contributed by atoms with Crippen LogP contribution >= 0.6 is 0 Å². The summed E-state index contributed by atoms with van der Waals surface area (Å²) in [6.07, 6.45) is 1.38. The Bertz CT molecular complexity index is 1180. The number of aryl methyl sites for hydroxylation is 1. The molecule has 4 aromatic rings. The van der Waals surface area contributed by atoms with Gasteiger partial charge in [-0.1, -0.05) is 23.4 Å². The van der Waals surface area contributed by atoms with Crippen molar-refractivity contribution in [2.75, 3.05) is 0 Å². The molecule has 0 fully saturated rings. The Labute approximate surface area is 141 Å². The highest BCUT2D eigenvalue weighted by Gasteiger charge is 2.17. The van der Waals surface area contributed by atoms with Gasteiger partial charge in [-0.15, -0.1) is 5.10 Å². The van der Waals surface area contributed by atoms with Crippen LogP contribution in [-0.2, 0) is 6.54 Å². The van der Waals surface area contributed by atoms with Crippen molar-refractivity contribution < 1.29 is 9.90 Å². The van der Waals surface area contributed by atoms with Gasteiger partial charge in [-0.05, 0) is 31.2 Å². The first-order chi connectivity index (χ1) is 12.1. The van der Waals surface area contributed by atoms with Gasteiger partial charge in [0.05, 0.1) is 16.7 Å². The van der Waals surface area contributed by atoms with Crippen LogP contribution in [0.4, 0.5) is 0 Å². The summed E-state index contributed by atoms with van der Waals surface area (Å²) < 4.78 is 3.45. The van der Waals surface area contributed by atoms with Crippen LogP contribution in [0.1, 0.15) is 17.3 Å². The van der Waals surface area contributed by atoms with Crippen LogP contribution in [0.3, 0.4) is 0 Å². The van der Waals surface area contributed by atoms with Crippen LogP contribution in [-0.4, -0.2) is 30.6 Å². The van der Waals surface area contributed by atoms with Gasteiger partial charge in [0, 0.05) is 18.1 Å². The van der Waals surface area contributed by atoms with Crippen molar-refractivity contribution in [3.63, 3.8) is 0 Å². The molecule has 0 unspecified atom stereocenters. The van der Waals surface area contributed by atoms with E-state index in [1.807, 2.05) is 43.3 Å². The van der Waals surface area contributed by atoms with E-state index in [1.165, 1.54) is 6.20 Å². The molecular formula is C18H14N4O3. The molecular weight excluding hydrogens is 320 g/mol. The van der Waals surface area contributed by atoms with Crippen molar-refractivity contribution in [1.82, 2.24) is 19.6 Å². The number of fused-ring (bicyclic) bond motifs is 2. The van der Waals surface area contributed by atoms with Gasteiger partial charge < -0.3 is 9.67 Å². The minimum atomic E-state index is -1.23. The van der Waals surface area contributed by atoms with Crippen LogP contribution in [0.15, 0.2) is 53.5 Å². The molecule has 0 atom stereocenters. The van der Waals surface area contributed by atoms with Gasteiger partial charge in [0.15, 0.2) is 0 Å². The van der Waals surface area contributed by atoms with Crippen molar-refractivity contribution in [2.24, 2.45) is 0 Å². The molecule has 0 amide bonds. The van der Waals surface area contributed by atoms with Gasteiger partial charge in [-0.25, -0.2) is 9.48 Å². The highest BCUT2D eigenvalue weighted by molar-refractivity contribution is 5.97. The summed E-state index contributed by atoms with van der Waals surface area (Å²) in [4.78, 5) is 23.9. The Hall–Kier alpha value is -3.48. The van der Waals surface area contributed by atoms with E-state index < -0.39 is 11.4 Å². The number of rotatable bonds is 3. The second-order valence-electron chi connectivity index (χ2n) is 5.66. The van der Waals surface area contributed by atoms with E-state index in [-0.39, 0.29) is 5.56 Å². The van der Waals surface area contributed by atoms with Crippen molar-refractivity contribution in [1.29, 1.82) is 0 Å². The number of aromatic nitrogens is 4. The SMILES string of the molecule is CCn1cc(C(=O)O)c(=O)c2cc3nnn(-c4ccccc4)c3cc21. The maximum atomic E-state index is 12.5.